The SMILES string of the molecule is O=c1oc(-c2ccccc2)cc2c(=O)n(Cc3ccccc3)c(-c3ccccc3)cc12. The van der Waals surface area contributed by atoms with E-state index in [1.54, 1.807) is 16.7 Å². The van der Waals surface area contributed by atoms with Gasteiger partial charge in [-0.05, 0) is 23.3 Å². The third kappa shape index (κ3) is 3.60. The highest BCUT2D eigenvalue weighted by Crippen LogP contribution is 2.25. The molecule has 0 saturated heterocycles. The first kappa shape index (κ1) is 18.8. The topological polar surface area (TPSA) is 52.2 Å². The highest BCUT2D eigenvalue weighted by molar-refractivity contribution is 5.86. The van der Waals surface area contributed by atoms with Crippen LogP contribution in [0, 0.1) is 0 Å². The van der Waals surface area contributed by atoms with Crippen molar-refractivity contribution in [2.24, 2.45) is 0 Å². The van der Waals surface area contributed by atoms with E-state index in [0.29, 0.717) is 23.4 Å². The molecule has 31 heavy (non-hydrogen) atoms. The molecule has 2 heterocycles. The molecule has 0 saturated carbocycles. The zero-order valence-electron chi connectivity index (χ0n) is 16.7. The predicted octanol–water partition coefficient (Wildman–Crippen LogP) is 5.34. The van der Waals surface area contributed by atoms with Crippen molar-refractivity contribution in [1.82, 2.24) is 4.57 Å². The fourth-order valence-electron chi connectivity index (χ4n) is 3.80. The Morgan fingerprint density at radius 1 is 0.645 bits per heavy atom. The summed E-state index contributed by atoms with van der Waals surface area (Å²) < 4.78 is 7.30. The number of hydrogen-bond acceptors (Lipinski definition) is 3. The lowest BCUT2D eigenvalue weighted by Gasteiger charge is -2.15. The molecule has 0 atom stereocenters. The van der Waals surface area contributed by atoms with Crippen molar-refractivity contribution >= 4 is 10.8 Å². The number of aromatic nitrogens is 1. The Balaban J connectivity index is 1.80. The summed E-state index contributed by atoms with van der Waals surface area (Å²) in [6, 6.07) is 32.2. The Hall–Kier alpha value is -4.18. The molecule has 0 amide bonds. The second kappa shape index (κ2) is 7.92. The van der Waals surface area contributed by atoms with Gasteiger partial charge < -0.3 is 8.98 Å². The lowest BCUT2D eigenvalue weighted by atomic mass is 10.1. The highest BCUT2D eigenvalue weighted by atomic mass is 16.4. The van der Waals surface area contributed by atoms with Gasteiger partial charge in [-0.3, -0.25) is 4.79 Å². The molecule has 5 rings (SSSR count). The van der Waals surface area contributed by atoms with Crippen molar-refractivity contribution in [1.29, 1.82) is 0 Å². The van der Waals surface area contributed by atoms with E-state index in [1.165, 1.54) is 0 Å². The zero-order valence-corrected chi connectivity index (χ0v) is 16.7. The molecule has 0 unspecified atom stereocenters. The van der Waals surface area contributed by atoms with Crippen LogP contribution in [0.1, 0.15) is 5.56 Å². The number of nitrogens with zero attached hydrogens (tertiary/aromatic N) is 1. The molecule has 0 spiro atoms. The van der Waals surface area contributed by atoms with Crippen LogP contribution in [0.3, 0.4) is 0 Å². The average molecular weight is 405 g/mol. The van der Waals surface area contributed by atoms with Gasteiger partial charge in [-0.2, -0.15) is 0 Å². The Bertz CT molecular complexity index is 1470. The summed E-state index contributed by atoms with van der Waals surface area (Å²) in [5, 5.41) is 0.638. The fraction of sp³-hybridized carbons (Fsp3) is 0.0370. The molecular weight excluding hydrogens is 386 g/mol. The molecular formula is C27H19NO3. The minimum absolute atomic E-state index is 0.217. The normalized spacial score (nSPS) is 11.0. The Labute approximate surface area is 178 Å². The van der Waals surface area contributed by atoms with Gasteiger partial charge in [0.05, 0.1) is 23.0 Å². The smallest absolute Gasteiger partial charge is 0.344 e. The minimum atomic E-state index is -0.516. The van der Waals surface area contributed by atoms with E-state index >= 15 is 0 Å². The number of rotatable bonds is 4. The Kier molecular flexibility index (Phi) is 4.81. The van der Waals surface area contributed by atoms with Crippen LogP contribution in [0.5, 0.6) is 0 Å². The van der Waals surface area contributed by atoms with Crippen LogP contribution in [-0.2, 0) is 6.54 Å². The van der Waals surface area contributed by atoms with E-state index in [2.05, 4.69) is 0 Å². The minimum Gasteiger partial charge on any atom is -0.422 e. The summed E-state index contributed by atoms with van der Waals surface area (Å²) in [7, 11) is 0. The monoisotopic (exact) mass is 405 g/mol. The van der Waals surface area contributed by atoms with Crippen molar-refractivity contribution < 1.29 is 4.42 Å². The van der Waals surface area contributed by atoms with Crippen LogP contribution in [0.4, 0.5) is 0 Å². The van der Waals surface area contributed by atoms with Gasteiger partial charge >= 0.3 is 5.63 Å². The number of hydrogen-bond donors (Lipinski definition) is 0. The molecule has 150 valence electrons. The van der Waals surface area contributed by atoms with Crippen molar-refractivity contribution in [2.75, 3.05) is 0 Å². The number of benzene rings is 3. The lowest BCUT2D eigenvalue weighted by Crippen LogP contribution is -2.24. The van der Waals surface area contributed by atoms with E-state index < -0.39 is 5.63 Å². The molecule has 3 aromatic carbocycles. The first-order valence-electron chi connectivity index (χ1n) is 10.1. The number of fused-ring (bicyclic) bond motifs is 1. The molecule has 0 radical (unpaired) electrons. The second-order valence-electron chi connectivity index (χ2n) is 7.36. The molecule has 4 nitrogen and oxygen atoms in total. The molecule has 0 fully saturated rings. The first-order valence-corrected chi connectivity index (χ1v) is 10.1. The lowest BCUT2D eigenvalue weighted by molar-refractivity contribution is 0.534. The number of pyridine rings is 1. The van der Waals surface area contributed by atoms with Gasteiger partial charge in [0.15, 0.2) is 0 Å². The summed E-state index contributed by atoms with van der Waals surface area (Å²) in [5.41, 5.74) is 2.57. The van der Waals surface area contributed by atoms with E-state index in [4.69, 9.17) is 4.42 Å². The molecule has 5 aromatic rings. The second-order valence-corrected chi connectivity index (χ2v) is 7.36. The van der Waals surface area contributed by atoms with E-state index in [1.807, 2.05) is 91.0 Å². The van der Waals surface area contributed by atoms with Gasteiger partial charge in [-0.25, -0.2) is 4.79 Å². The summed E-state index contributed by atoms with van der Waals surface area (Å²) in [6.45, 7) is 0.404. The van der Waals surface area contributed by atoms with Crippen molar-refractivity contribution in [3.05, 3.63) is 129 Å². The molecule has 0 N–H and O–H groups in total. The quantitative estimate of drug-likeness (QED) is 0.406. The van der Waals surface area contributed by atoms with Crippen LogP contribution in [0.15, 0.2) is 117 Å². The maximum Gasteiger partial charge on any atom is 0.344 e. The molecule has 4 heteroatoms. The van der Waals surface area contributed by atoms with Gasteiger partial charge in [-0.15, -0.1) is 0 Å². The standard InChI is InChI=1S/C27H19NO3/c29-26-22-17-25(21-14-8-3-9-15-21)31-27(30)23(22)16-24(20-12-6-2-7-13-20)28(26)18-19-10-4-1-5-11-19/h1-17H,18H2. The third-order valence-corrected chi connectivity index (χ3v) is 5.35. The van der Waals surface area contributed by atoms with Crippen LogP contribution in [0.25, 0.3) is 33.4 Å². The summed E-state index contributed by atoms with van der Waals surface area (Å²) in [4.78, 5) is 26.5. The van der Waals surface area contributed by atoms with Gasteiger partial charge in [0, 0.05) is 5.56 Å². The average Bonchev–Trinajstić information content (AvgIpc) is 2.83. The van der Waals surface area contributed by atoms with E-state index in [9.17, 15) is 9.59 Å². The Morgan fingerprint density at radius 3 is 1.87 bits per heavy atom. The van der Waals surface area contributed by atoms with Gasteiger partial charge in [-0.1, -0.05) is 91.0 Å². The first-order chi connectivity index (χ1) is 15.2. The zero-order chi connectivity index (χ0) is 21.2. The molecule has 0 bridgehead atoms. The van der Waals surface area contributed by atoms with Crippen LogP contribution < -0.4 is 11.2 Å². The molecule has 0 aliphatic rings. The summed E-state index contributed by atoms with van der Waals surface area (Å²) in [6.07, 6.45) is 0. The maximum atomic E-state index is 13.6. The van der Waals surface area contributed by atoms with E-state index in [-0.39, 0.29) is 10.9 Å². The fourth-order valence-corrected chi connectivity index (χ4v) is 3.80. The predicted molar refractivity (Wildman–Crippen MR) is 123 cm³/mol. The largest absolute Gasteiger partial charge is 0.422 e. The maximum absolute atomic E-state index is 13.6. The third-order valence-electron chi connectivity index (χ3n) is 5.35. The highest BCUT2D eigenvalue weighted by Gasteiger charge is 2.16. The molecule has 2 aromatic heterocycles. The summed E-state index contributed by atoms with van der Waals surface area (Å²) in [5.74, 6) is 0.383. The summed E-state index contributed by atoms with van der Waals surface area (Å²) >= 11 is 0. The molecule has 0 aliphatic carbocycles. The van der Waals surface area contributed by atoms with Crippen molar-refractivity contribution in [3.63, 3.8) is 0 Å². The Morgan fingerprint density at radius 2 is 1.23 bits per heavy atom. The van der Waals surface area contributed by atoms with E-state index in [0.717, 1.165) is 16.7 Å². The van der Waals surface area contributed by atoms with Crippen molar-refractivity contribution in [2.45, 2.75) is 6.54 Å². The van der Waals surface area contributed by atoms with Crippen molar-refractivity contribution in [3.8, 4) is 22.6 Å². The van der Waals surface area contributed by atoms with Gasteiger partial charge in [0.1, 0.15) is 5.76 Å². The van der Waals surface area contributed by atoms with Crippen LogP contribution in [-0.4, -0.2) is 4.57 Å². The van der Waals surface area contributed by atoms with Crippen LogP contribution >= 0.6 is 0 Å². The molecule has 0 aliphatic heterocycles. The van der Waals surface area contributed by atoms with Gasteiger partial charge in [0.2, 0.25) is 0 Å². The van der Waals surface area contributed by atoms with Crippen LogP contribution in [0.2, 0.25) is 0 Å². The van der Waals surface area contributed by atoms with Gasteiger partial charge in [0.25, 0.3) is 5.56 Å².